The summed E-state index contributed by atoms with van der Waals surface area (Å²) in [6, 6.07) is 30.2. The number of carbonyl (C=O) groups excluding carboxylic acids is 1. The molecule has 0 aliphatic carbocycles. The number of nitrogens with one attached hydrogen (secondary N) is 1. The molecule has 0 spiro atoms. The lowest BCUT2D eigenvalue weighted by Gasteiger charge is -2.23. The van der Waals surface area contributed by atoms with Crippen LogP contribution in [0.4, 0.5) is 11.5 Å². The van der Waals surface area contributed by atoms with Crippen molar-refractivity contribution in [1.82, 2.24) is 9.55 Å². The van der Waals surface area contributed by atoms with Crippen LogP contribution in [0.5, 0.6) is 11.5 Å². The van der Waals surface area contributed by atoms with Gasteiger partial charge in [0, 0.05) is 60.7 Å². The Labute approximate surface area is 371 Å². The topological polar surface area (TPSA) is 222 Å². The van der Waals surface area contributed by atoms with Crippen molar-refractivity contribution in [3.8, 4) is 44.9 Å². The molecule has 2 aromatic heterocycles. The van der Waals surface area contributed by atoms with Crippen LogP contribution >= 0.6 is 0 Å². The number of ether oxygens (including phenoxy) is 5. The van der Waals surface area contributed by atoms with E-state index in [9.17, 15) is 18.0 Å². The highest BCUT2D eigenvalue weighted by Gasteiger charge is 2.21. The van der Waals surface area contributed by atoms with Gasteiger partial charge in [0.1, 0.15) is 24.1 Å². The number of hydrogen-bond donors (Lipinski definition) is 3. The van der Waals surface area contributed by atoms with E-state index in [1.54, 1.807) is 49.8 Å². The standard InChI is InChI=1S/C42H44N4O7.C6H6O3S.H2O/c1-27-3-5-30(6-4-27)36-23-46(22-28-13-15-50-16-14-28)24-37(40(36)47)42(48)45-33-10-7-29(8-11-33)35-19-32(21-44-41(35)43)31-9-12-38(39(20-31)49-2)53-26-34-25-51-17-18-52-34;7-10(8,9)6-4-2-1-3-5-6;/h3-12,19-21,23-24,28,34H,13-18,22,25-26H2,1-2H3,(H2,43,44)(H,45,48);1-5H,(H,7,8,9);1H2/t34-;;/m1../s1. The first kappa shape index (κ1) is 47.1. The zero-order valence-electron chi connectivity index (χ0n) is 35.6. The van der Waals surface area contributed by atoms with Crippen LogP contribution in [0, 0.1) is 12.8 Å². The number of hydrogen-bond acceptors (Lipinski definition) is 11. The van der Waals surface area contributed by atoms with Crippen LogP contribution in [0.2, 0.25) is 0 Å². The maximum absolute atomic E-state index is 13.8. The Morgan fingerprint density at radius 1 is 0.844 bits per heavy atom. The minimum Gasteiger partial charge on any atom is -0.493 e. The first-order valence-electron chi connectivity index (χ1n) is 20.5. The SMILES string of the molecule is COc1cc(-c2cnc(N)c(-c3ccc(NC(=O)c4cn(CC5CCOCC5)cc(-c5ccc(C)cc5)c4=O)cc3)c2)ccc1OC[C@H]1COCCO1.O.O=S(=O)(O)c1ccccc1. The average molecular weight is 893 g/mol. The second kappa shape index (κ2) is 21.8. The van der Waals surface area contributed by atoms with Crippen molar-refractivity contribution in [1.29, 1.82) is 0 Å². The fourth-order valence-electron chi connectivity index (χ4n) is 7.23. The predicted molar refractivity (Wildman–Crippen MR) is 244 cm³/mol. The zero-order valence-corrected chi connectivity index (χ0v) is 36.4. The van der Waals surface area contributed by atoms with E-state index in [-0.39, 0.29) is 27.5 Å². The molecule has 0 bridgehead atoms. The van der Waals surface area contributed by atoms with Crippen LogP contribution in [-0.2, 0) is 30.9 Å². The van der Waals surface area contributed by atoms with Crippen LogP contribution < -0.4 is 26.0 Å². The van der Waals surface area contributed by atoms with Gasteiger partial charge in [0.2, 0.25) is 5.43 Å². The number of nitrogen functional groups attached to an aromatic ring is 1. The molecule has 6 aromatic rings. The number of rotatable bonds is 12. The largest absolute Gasteiger partial charge is 0.493 e. The average Bonchev–Trinajstić information content (AvgIpc) is 3.30. The molecule has 1 amide bonds. The van der Waals surface area contributed by atoms with Crippen LogP contribution in [0.1, 0.15) is 28.8 Å². The number of pyridine rings is 2. The summed E-state index contributed by atoms with van der Waals surface area (Å²) in [6.45, 7) is 6.13. The van der Waals surface area contributed by atoms with Crippen molar-refractivity contribution in [2.75, 3.05) is 57.8 Å². The van der Waals surface area contributed by atoms with Gasteiger partial charge < -0.3 is 44.8 Å². The van der Waals surface area contributed by atoms with Gasteiger partial charge in [-0.25, -0.2) is 4.98 Å². The van der Waals surface area contributed by atoms with E-state index in [0.717, 1.165) is 59.4 Å². The number of amides is 1. The summed E-state index contributed by atoms with van der Waals surface area (Å²) in [6.07, 6.45) is 6.99. The predicted octanol–water partition coefficient (Wildman–Crippen LogP) is 6.73. The molecule has 1 atom stereocenters. The van der Waals surface area contributed by atoms with Crippen molar-refractivity contribution in [3.05, 3.63) is 143 Å². The molecule has 4 heterocycles. The second-order valence-corrected chi connectivity index (χ2v) is 16.7. The third-order valence-electron chi connectivity index (χ3n) is 10.7. The lowest BCUT2D eigenvalue weighted by atomic mass is 9.99. The van der Waals surface area contributed by atoms with E-state index in [4.69, 9.17) is 34.0 Å². The van der Waals surface area contributed by atoms with Crippen LogP contribution in [-0.4, -0.2) is 86.8 Å². The van der Waals surface area contributed by atoms with E-state index >= 15 is 0 Å². The van der Waals surface area contributed by atoms with E-state index in [1.807, 2.05) is 78.4 Å². The number of anilines is 2. The smallest absolute Gasteiger partial charge is 0.294 e. The number of methoxy groups -OCH3 is 1. The van der Waals surface area contributed by atoms with Crippen LogP contribution in [0.3, 0.4) is 0 Å². The quantitative estimate of drug-likeness (QED) is 0.109. The third kappa shape index (κ3) is 12.2. The monoisotopic (exact) mass is 892 g/mol. The summed E-state index contributed by atoms with van der Waals surface area (Å²) in [4.78, 5) is 31.9. The Balaban J connectivity index is 0.000000547. The van der Waals surface area contributed by atoms with Crippen molar-refractivity contribution in [2.24, 2.45) is 5.92 Å². The summed E-state index contributed by atoms with van der Waals surface area (Å²) in [5.41, 5.74) is 12.3. The van der Waals surface area contributed by atoms with Crippen molar-refractivity contribution < 1.29 is 46.9 Å². The highest BCUT2D eigenvalue weighted by Crippen LogP contribution is 2.36. The number of aromatic nitrogens is 2. The Morgan fingerprint density at radius 3 is 2.19 bits per heavy atom. The lowest BCUT2D eigenvalue weighted by molar-refractivity contribution is -0.101. The first-order chi connectivity index (χ1) is 30.4. The number of carbonyl (C=O) groups is 1. The van der Waals surface area contributed by atoms with Crippen molar-refractivity contribution in [2.45, 2.75) is 37.3 Å². The zero-order chi connectivity index (χ0) is 44.3. The molecule has 0 saturated carbocycles. The third-order valence-corrected chi connectivity index (χ3v) is 11.6. The Morgan fingerprint density at radius 2 is 1.53 bits per heavy atom. The number of nitrogens with zero attached hydrogens (tertiary/aromatic N) is 2. The maximum Gasteiger partial charge on any atom is 0.294 e. The van der Waals surface area contributed by atoms with Crippen molar-refractivity contribution in [3.63, 3.8) is 0 Å². The molecule has 0 unspecified atom stereocenters. The summed E-state index contributed by atoms with van der Waals surface area (Å²) in [5.74, 6) is 1.48. The Bertz CT molecular complexity index is 2660. The number of nitrogens with two attached hydrogens (primary N) is 1. The van der Waals surface area contributed by atoms with Gasteiger partial charge in [0.25, 0.3) is 16.0 Å². The van der Waals surface area contributed by atoms with Gasteiger partial charge in [-0.2, -0.15) is 8.42 Å². The van der Waals surface area contributed by atoms with Gasteiger partial charge in [-0.15, -0.1) is 0 Å². The minimum absolute atomic E-state index is 0. The highest BCUT2D eigenvalue weighted by atomic mass is 32.2. The molecule has 15 nitrogen and oxygen atoms in total. The lowest BCUT2D eigenvalue weighted by Crippen LogP contribution is -2.33. The summed E-state index contributed by atoms with van der Waals surface area (Å²) in [7, 11) is -2.40. The van der Waals surface area contributed by atoms with E-state index in [2.05, 4.69) is 10.3 Å². The second-order valence-electron chi connectivity index (χ2n) is 15.3. The molecule has 64 heavy (non-hydrogen) atoms. The van der Waals surface area contributed by atoms with E-state index in [0.29, 0.717) is 67.5 Å². The first-order valence-corrected chi connectivity index (χ1v) is 22.0. The number of aryl methyl sites for hydroxylation is 1. The van der Waals surface area contributed by atoms with E-state index in [1.165, 1.54) is 12.1 Å². The molecule has 4 aromatic carbocycles. The highest BCUT2D eigenvalue weighted by molar-refractivity contribution is 7.85. The maximum atomic E-state index is 13.8. The fraction of sp³-hybridized carbons (Fsp3) is 0.271. The minimum atomic E-state index is -4.00. The molecule has 2 aliphatic rings. The molecule has 0 radical (unpaired) electrons. The molecule has 336 valence electrons. The molecule has 16 heteroatoms. The Hall–Kier alpha value is -6.40. The molecule has 2 saturated heterocycles. The van der Waals surface area contributed by atoms with Gasteiger partial charge >= 0.3 is 0 Å². The fourth-order valence-corrected chi connectivity index (χ4v) is 7.74. The molecule has 8 rings (SSSR count). The molecular weight excluding hydrogens is 841 g/mol. The Kier molecular flexibility index (Phi) is 16.0. The number of benzene rings is 4. The van der Waals surface area contributed by atoms with Gasteiger partial charge in [-0.05, 0) is 84.8 Å². The van der Waals surface area contributed by atoms with Gasteiger partial charge in [0.05, 0.1) is 31.8 Å². The molecule has 2 fully saturated rings. The molecular formula is C48H52N4O11S. The van der Waals surface area contributed by atoms with Crippen LogP contribution in [0.15, 0.2) is 131 Å². The van der Waals surface area contributed by atoms with Crippen LogP contribution in [0.25, 0.3) is 33.4 Å². The van der Waals surface area contributed by atoms with E-state index < -0.39 is 16.0 Å². The van der Waals surface area contributed by atoms with Gasteiger partial charge in [-0.3, -0.25) is 14.1 Å². The van der Waals surface area contributed by atoms with Gasteiger partial charge in [-0.1, -0.05) is 66.2 Å². The summed E-state index contributed by atoms with van der Waals surface area (Å²) >= 11 is 0. The van der Waals surface area contributed by atoms with Crippen molar-refractivity contribution >= 4 is 27.5 Å². The molecule has 2 aliphatic heterocycles. The molecule has 6 N–H and O–H groups in total. The normalized spacial score (nSPS) is 15.2. The van der Waals surface area contributed by atoms with Gasteiger partial charge in [0.15, 0.2) is 11.5 Å². The summed E-state index contributed by atoms with van der Waals surface area (Å²) in [5, 5.41) is 2.94. The summed E-state index contributed by atoms with van der Waals surface area (Å²) < 4.78 is 59.5.